The number of benzene rings is 2. The largest absolute Gasteiger partial charge is 0.497 e. The Bertz CT molecular complexity index is 709. The van der Waals surface area contributed by atoms with Crippen molar-refractivity contribution >= 4 is 17.3 Å². The number of carbonyl (C=O) groups excluding carboxylic acids is 1. The summed E-state index contributed by atoms with van der Waals surface area (Å²) in [5.74, 6) is 1.03. The number of methoxy groups -OCH3 is 1. The molecule has 2 aromatic rings. The fraction of sp³-hybridized carbons (Fsp3) is 0.222. The first kappa shape index (κ1) is 17.3. The van der Waals surface area contributed by atoms with Crippen LogP contribution in [0.5, 0.6) is 11.5 Å². The number of amides is 1. The zero-order valence-corrected chi connectivity index (χ0v) is 13.8. The lowest BCUT2D eigenvalue weighted by molar-refractivity contribution is -0.122. The minimum atomic E-state index is -0.662. The molecule has 0 saturated carbocycles. The maximum Gasteiger partial charge on any atom is 0.265 e. The highest BCUT2D eigenvalue weighted by molar-refractivity contribution is 5.98. The summed E-state index contributed by atoms with van der Waals surface area (Å²) in [5.41, 5.74) is 1.95. The summed E-state index contributed by atoms with van der Waals surface area (Å²) >= 11 is 0. The number of anilines is 1. The minimum absolute atomic E-state index is 0.252. The Morgan fingerprint density at radius 3 is 2.21 bits per heavy atom. The molecule has 0 fully saturated rings. The number of oxime groups is 1. The first-order valence-electron chi connectivity index (χ1n) is 7.44. The molecule has 6 nitrogen and oxygen atoms in total. The standard InChI is InChI=1S/C18H20N2O4/c1-12(20-22)14-4-8-17(9-5-14)24-13(2)18(21)19-15-6-10-16(23-3)11-7-15/h4-11,13,22H,1-3H3,(H,19,21)/b20-12+/t13-/m1/s1. The van der Waals surface area contributed by atoms with E-state index >= 15 is 0 Å². The van der Waals surface area contributed by atoms with Crippen LogP contribution in [0.3, 0.4) is 0 Å². The van der Waals surface area contributed by atoms with Crippen LogP contribution in [0.4, 0.5) is 5.69 Å². The van der Waals surface area contributed by atoms with E-state index in [1.165, 1.54) is 0 Å². The topological polar surface area (TPSA) is 80.2 Å². The average molecular weight is 328 g/mol. The molecule has 6 heteroatoms. The zero-order valence-electron chi connectivity index (χ0n) is 13.8. The first-order valence-corrected chi connectivity index (χ1v) is 7.44. The molecule has 0 saturated heterocycles. The molecular weight excluding hydrogens is 308 g/mol. The molecule has 0 heterocycles. The van der Waals surface area contributed by atoms with Gasteiger partial charge in [-0.15, -0.1) is 0 Å². The predicted octanol–water partition coefficient (Wildman–Crippen LogP) is 3.30. The molecule has 2 N–H and O–H groups in total. The molecule has 0 radical (unpaired) electrons. The van der Waals surface area contributed by atoms with Crippen molar-refractivity contribution in [3.05, 3.63) is 54.1 Å². The van der Waals surface area contributed by atoms with Crippen molar-refractivity contribution in [2.75, 3.05) is 12.4 Å². The van der Waals surface area contributed by atoms with Gasteiger partial charge in [-0.2, -0.15) is 0 Å². The van der Waals surface area contributed by atoms with Gasteiger partial charge in [0.05, 0.1) is 12.8 Å². The molecule has 2 rings (SSSR count). The van der Waals surface area contributed by atoms with Crippen LogP contribution in [0.1, 0.15) is 19.4 Å². The van der Waals surface area contributed by atoms with E-state index in [-0.39, 0.29) is 5.91 Å². The molecule has 0 unspecified atom stereocenters. The van der Waals surface area contributed by atoms with Crippen molar-refractivity contribution in [3.63, 3.8) is 0 Å². The summed E-state index contributed by atoms with van der Waals surface area (Å²) in [5, 5.41) is 14.7. The van der Waals surface area contributed by atoms with Crippen molar-refractivity contribution in [2.24, 2.45) is 5.16 Å². The summed E-state index contributed by atoms with van der Waals surface area (Å²) in [6.07, 6.45) is -0.662. The maximum atomic E-state index is 12.2. The van der Waals surface area contributed by atoms with E-state index in [1.54, 1.807) is 69.5 Å². The van der Waals surface area contributed by atoms with Crippen LogP contribution in [0.2, 0.25) is 0 Å². The second-order valence-electron chi connectivity index (χ2n) is 5.19. The molecule has 2 aromatic carbocycles. The Labute approximate surface area is 140 Å². The highest BCUT2D eigenvalue weighted by atomic mass is 16.5. The smallest absolute Gasteiger partial charge is 0.265 e. The lowest BCUT2D eigenvalue weighted by Crippen LogP contribution is -2.30. The number of hydrogen-bond acceptors (Lipinski definition) is 5. The van der Waals surface area contributed by atoms with Gasteiger partial charge in [0, 0.05) is 5.69 Å². The van der Waals surface area contributed by atoms with Crippen LogP contribution < -0.4 is 14.8 Å². The van der Waals surface area contributed by atoms with Gasteiger partial charge in [0.1, 0.15) is 11.5 Å². The maximum absolute atomic E-state index is 12.2. The molecule has 0 bridgehead atoms. The monoisotopic (exact) mass is 328 g/mol. The molecule has 0 aliphatic rings. The van der Waals surface area contributed by atoms with Crippen molar-refractivity contribution in [2.45, 2.75) is 20.0 Å². The quantitative estimate of drug-likeness (QED) is 0.484. The van der Waals surface area contributed by atoms with Crippen molar-refractivity contribution in [3.8, 4) is 11.5 Å². The van der Waals surface area contributed by atoms with Crippen molar-refractivity contribution in [1.82, 2.24) is 0 Å². The van der Waals surface area contributed by atoms with Crippen LogP contribution in [-0.4, -0.2) is 30.0 Å². The number of hydrogen-bond donors (Lipinski definition) is 2. The number of rotatable bonds is 6. The highest BCUT2D eigenvalue weighted by Gasteiger charge is 2.15. The predicted molar refractivity (Wildman–Crippen MR) is 92.2 cm³/mol. The van der Waals surface area contributed by atoms with Gasteiger partial charge < -0.3 is 20.0 Å². The SMILES string of the molecule is COc1ccc(NC(=O)[C@@H](C)Oc2ccc(/C(C)=N/O)cc2)cc1. The van der Waals surface area contributed by atoms with Crippen molar-refractivity contribution < 1.29 is 19.5 Å². The molecule has 0 aliphatic heterocycles. The second kappa shape index (κ2) is 8.01. The first-order chi connectivity index (χ1) is 11.5. The van der Waals surface area contributed by atoms with Gasteiger partial charge in [-0.1, -0.05) is 5.16 Å². The number of ether oxygens (including phenoxy) is 2. The third kappa shape index (κ3) is 4.49. The summed E-state index contributed by atoms with van der Waals surface area (Å²) < 4.78 is 10.7. The van der Waals surface area contributed by atoms with Gasteiger partial charge in [-0.25, -0.2) is 0 Å². The van der Waals surface area contributed by atoms with Crippen LogP contribution in [0, 0.1) is 0 Å². The van der Waals surface area contributed by atoms with Gasteiger partial charge in [0.2, 0.25) is 0 Å². The minimum Gasteiger partial charge on any atom is -0.497 e. The van der Waals surface area contributed by atoms with E-state index in [0.717, 1.165) is 11.3 Å². The molecule has 0 aliphatic carbocycles. The normalized spacial score (nSPS) is 12.4. The van der Waals surface area contributed by atoms with Crippen molar-refractivity contribution in [1.29, 1.82) is 0 Å². The van der Waals surface area contributed by atoms with Crippen LogP contribution >= 0.6 is 0 Å². The zero-order chi connectivity index (χ0) is 17.5. The Morgan fingerprint density at radius 1 is 1.08 bits per heavy atom. The van der Waals surface area contributed by atoms with E-state index in [1.807, 2.05) is 0 Å². The lowest BCUT2D eigenvalue weighted by atomic mass is 10.1. The van der Waals surface area contributed by atoms with E-state index < -0.39 is 6.10 Å². The molecule has 0 aromatic heterocycles. The van der Waals surface area contributed by atoms with E-state index in [9.17, 15) is 4.79 Å². The van der Waals surface area contributed by atoms with Gasteiger partial charge in [0.25, 0.3) is 5.91 Å². The summed E-state index contributed by atoms with van der Waals surface area (Å²) in [4.78, 5) is 12.2. The van der Waals surface area contributed by atoms with Crippen LogP contribution in [0.15, 0.2) is 53.7 Å². The average Bonchev–Trinajstić information content (AvgIpc) is 2.62. The Kier molecular flexibility index (Phi) is 5.78. The number of nitrogens with one attached hydrogen (secondary N) is 1. The van der Waals surface area contributed by atoms with E-state index in [2.05, 4.69) is 10.5 Å². The van der Waals surface area contributed by atoms with Gasteiger partial charge in [-0.3, -0.25) is 4.79 Å². The van der Waals surface area contributed by atoms with Crippen LogP contribution in [0.25, 0.3) is 0 Å². The molecule has 24 heavy (non-hydrogen) atoms. The van der Waals surface area contributed by atoms with Gasteiger partial charge in [-0.05, 0) is 67.9 Å². The number of nitrogens with zero attached hydrogens (tertiary/aromatic N) is 1. The molecular formula is C18H20N2O4. The van der Waals surface area contributed by atoms with E-state index in [0.29, 0.717) is 17.1 Å². The van der Waals surface area contributed by atoms with Gasteiger partial charge in [0.15, 0.2) is 6.10 Å². The highest BCUT2D eigenvalue weighted by Crippen LogP contribution is 2.17. The van der Waals surface area contributed by atoms with E-state index in [4.69, 9.17) is 14.7 Å². The Morgan fingerprint density at radius 2 is 1.67 bits per heavy atom. The molecule has 1 amide bonds. The van der Waals surface area contributed by atoms with Crippen LogP contribution in [-0.2, 0) is 4.79 Å². The molecule has 1 atom stereocenters. The fourth-order valence-corrected chi connectivity index (χ4v) is 2.01. The summed E-state index contributed by atoms with van der Waals surface area (Å²) in [6.45, 7) is 3.37. The Hall–Kier alpha value is -3.02. The number of carbonyl (C=O) groups is 1. The third-order valence-electron chi connectivity index (χ3n) is 3.46. The van der Waals surface area contributed by atoms with Gasteiger partial charge >= 0.3 is 0 Å². The third-order valence-corrected chi connectivity index (χ3v) is 3.46. The lowest BCUT2D eigenvalue weighted by Gasteiger charge is -2.15. The second-order valence-corrected chi connectivity index (χ2v) is 5.19. The molecule has 0 spiro atoms. The Balaban J connectivity index is 1.95. The summed E-state index contributed by atoms with van der Waals surface area (Å²) in [6, 6.07) is 14.0. The molecule has 126 valence electrons. The fourth-order valence-electron chi connectivity index (χ4n) is 2.01. The summed E-state index contributed by atoms with van der Waals surface area (Å²) in [7, 11) is 1.59.